The summed E-state index contributed by atoms with van der Waals surface area (Å²) in [6.45, 7) is 13.0. The van der Waals surface area contributed by atoms with Crippen molar-refractivity contribution in [1.82, 2.24) is 15.1 Å². The van der Waals surface area contributed by atoms with Gasteiger partial charge in [0.15, 0.2) is 0 Å². The maximum Gasteiger partial charge on any atom is 0.0209 e. The van der Waals surface area contributed by atoms with E-state index in [0.29, 0.717) is 6.04 Å². The average Bonchev–Trinajstić information content (AvgIpc) is 3.01. The van der Waals surface area contributed by atoms with Crippen molar-refractivity contribution in [3.05, 3.63) is 0 Å². The number of hydrogen-bond donors (Lipinski definition) is 1. The molecule has 1 aliphatic heterocycles. The van der Waals surface area contributed by atoms with Crippen LogP contribution >= 0.6 is 0 Å². The van der Waals surface area contributed by atoms with Crippen LogP contribution < -0.4 is 5.32 Å². The predicted octanol–water partition coefficient (Wildman–Crippen LogP) is 1.54. The first kappa shape index (κ1) is 13.3. The zero-order chi connectivity index (χ0) is 12.3. The van der Waals surface area contributed by atoms with Gasteiger partial charge in [0.05, 0.1) is 0 Å². The van der Waals surface area contributed by atoms with E-state index in [-0.39, 0.29) is 0 Å². The molecule has 2 atom stereocenters. The van der Waals surface area contributed by atoms with E-state index in [4.69, 9.17) is 0 Å². The van der Waals surface area contributed by atoms with Crippen molar-refractivity contribution in [2.75, 3.05) is 32.7 Å². The minimum atomic E-state index is 0.709. The van der Waals surface area contributed by atoms with Crippen LogP contribution in [0.4, 0.5) is 0 Å². The molecule has 0 aromatic rings. The Morgan fingerprint density at radius 2 is 1.88 bits per heavy atom. The average molecular weight is 239 g/mol. The first-order valence-corrected chi connectivity index (χ1v) is 7.45. The molecule has 0 bridgehead atoms. The van der Waals surface area contributed by atoms with Crippen LogP contribution in [0, 0.1) is 0 Å². The summed E-state index contributed by atoms with van der Waals surface area (Å²) >= 11 is 0. The summed E-state index contributed by atoms with van der Waals surface area (Å²) in [4.78, 5) is 5.20. The molecule has 100 valence electrons. The molecule has 3 nitrogen and oxygen atoms in total. The molecule has 1 saturated carbocycles. The van der Waals surface area contributed by atoms with E-state index in [2.05, 4.69) is 35.9 Å². The Labute approximate surface area is 107 Å². The van der Waals surface area contributed by atoms with Crippen LogP contribution in [0.25, 0.3) is 0 Å². The van der Waals surface area contributed by atoms with Crippen molar-refractivity contribution in [3.63, 3.8) is 0 Å². The van der Waals surface area contributed by atoms with E-state index in [0.717, 1.165) is 12.1 Å². The van der Waals surface area contributed by atoms with Gasteiger partial charge in [-0.15, -0.1) is 0 Å². The third-order valence-corrected chi connectivity index (χ3v) is 4.31. The maximum absolute atomic E-state index is 3.76. The number of nitrogens with one attached hydrogen (secondary N) is 1. The van der Waals surface area contributed by atoms with Gasteiger partial charge in [0.25, 0.3) is 0 Å². The normalized spacial score (nSPS) is 27.9. The first-order valence-electron chi connectivity index (χ1n) is 7.45. The number of likely N-dealkylation sites (N-methyl/N-ethyl adjacent to an activating group) is 1. The number of likely N-dealkylation sites (tertiary alicyclic amines) is 1. The lowest BCUT2D eigenvalue weighted by Crippen LogP contribution is -2.43. The standard InChI is InChI=1S/C14H29N3/c1-4-16(5-2)10-12(3)17-9-8-14(11-17)15-13-6-7-13/h12-15H,4-11H2,1-3H3. The molecule has 1 aliphatic carbocycles. The van der Waals surface area contributed by atoms with E-state index in [1.807, 2.05) is 0 Å². The van der Waals surface area contributed by atoms with Crippen LogP contribution in [0.2, 0.25) is 0 Å². The largest absolute Gasteiger partial charge is 0.310 e. The van der Waals surface area contributed by atoms with Crippen molar-refractivity contribution in [2.45, 2.75) is 58.2 Å². The van der Waals surface area contributed by atoms with Crippen LogP contribution in [0.5, 0.6) is 0 Å². The Kier molecular flexibility index (Phi) is 4.83. The molecule has 0 radical (unpaired) electrons. The number of rotatable bonds is 7. The Morgan fingerprint density at radius 1 is 1.18 bits per heavy atom. The molecular weight excluding hydrogens is 210 g/mol. The highest BCUT2D eigenvalue weighted by atomic mass is 15.2. The highest BCUT2D eigenvalue weighted by molar-refractivity contribution is 4.91. The zero-order valence-corrected chi connectivity index (χ0v) is 11.8. The molecule has 1 saturated heterocycles. The van der Waals surface area contributed by atoms with Crippen LogP contribution in [0.3, 0.4) is 0 Å². The smallest absolute Gasteiger partial charge is 0.0209 e. The van der Waals surface area contributed by atoms with Crippen molar-refractivity contribution in [2.24, 2.45) is 0 Å². The topological polar surface area (TPSA) is 18.5 Å². The van der Waals surface area contributed by atoms with Crippen LogP contribution in [0.15, 0.2) is 0 Å². The second-order valence-corrected chi connectivity index (χ2v) is 5.76. The fraction of sp³-hybridized carbons (Fsp3) is 1.00. The second-order valence-electron chi connectivity index (χ2n) is 5.76. The Balaban J connectivity index is 1.70. The van der Waals surface area contributed by atoms with Gasteiger partial charge in [0, 0.05) is 37.8 Å². The predicted molar refractivity (Wildman–Crippen MR) is 73.4 cm³/mol. The Hall–Kier alpha value is -0.120. The van der Waals surface area contributed by atoms with Gasteiger partial charge >= 0.3 is 0 Å². The van der Waals surface area contributed by atoms with Gasteiger partial charge in [-0.3, -0.25) is 4.90 Å². The number of nitrogens with zero attached hydrogens (tertiary/aromatic N) is 2. The summed E-state index contributed by atoms with van der Waals surface area (Å²) in [5.41, 5.74) is 0. The van der Waals surface area contributed by atoms with E-state index < -0.39 is 0 Å². The molecule has 0 aromatic heterocycles. The summed E-state index contributed by atoms with van der Waals surface area (Å²) in [6.07, 6.45) is 4.16. The summed E-state index contributed by atoms with van der Waals surface area (Å²) < 4.78 is 0. The minimum absolute atomic E-state index is 0.709. The molecule has 17 heavy (non-hydrogen) atoms. The Bertz CT molecular complexity index is 224. The van der Waals surface area contributed by atoms with E-state index in [9.17, 15) is 0 Å². The first-order chi connectivity index (χ1) is 8.22. The third kappa shape index (κ3) is 3.94. The number of hydrogen-bond acceptors (Lipinski definition) is 3. The SMILES string of the molecule is CCN(CC)CC(C)N1CCC(NC2CC2)C1. The molecule has 0 aromatic carbocycles. The van der Waals surface area contributed by atoms with Gasteiger partial charge in [-0.25, -0.2) is 0 Å². The van der Waals surface area contributed by atoms with Gasteiger partial charge in [0.2, 0.25) is 0 Å². The van der Waals surface area contributed by atoms with Crippen molar-refractivity contribution in [1.29, 1.82) is 0 Å². The van der Waals surface area contributed by atoms with Crippen molar-refractivity contribution < 1.29 is 0 Å². The van der Waals surface area contributed by atoms with Gasteiger partial charge < -0.3 is 10.2 Å². The molecule has 1 heterocycles. The monoisotopic (exact) mass is 239 g/mol. The highest BCUT2D eigenvalue weighted by Gasteiger charge is 2.30. The minimum Gasteiger partial charge on any atom is -0.310 e. The molecule has 0 amide bonds. The summed E-state index contributed by atoms with van der Waals surface area (Å²) in [5, 5.41) is 3.76. The summed E-state index contributed by atoms with van der Waals surface area (Å²) in [7, 11) is 0. The van der Waals surface area contributed by atoms with Gasteiger partial charge in [0.1, 0.15) is 0 Å². The van der Waals surface area contributed by atoms with Crippen molar-refractivity contribution in [3.8, 4) is 0 Å². The van der Waals surface area contributed by atoms with E-state index in [1.54, 1.807) is 0 Å². The summed E-state index contributed by atoms with van der Waals surface area (Å²) in [6, 6.07) is 2.33. The molecule has 1 N–H and O–H groups in total. The fourth-order valence-corrected chi connectivity index (χ4v) is 2.88. The Morgan fingerprint density at radius 3 is 2.47 bits per heavy atom. The third-order valence-electron chi connectivity index (χ3n) is 4.31. The van der Waals surface area contributed by atoms with Gasteiger partial charge in [-0.2, -0.15) is 0 Å². The fourth-order valence-electron chi connectivity index (χ4n) is 2.88. The van der Waals surface area contributed by atoms with Gasteiger partial charge in [-0.1, -0.05) is 13.8 Å². The molecular formula is C14H29N3. The van der Waals surface area contributed by atoms with Crippen LogP contribution in [0.1, 0.15) is 40.0 Å². The lowest BCUT2D eigenvalue weighted by Gasteiger charge is -2.29. The van der Waals surface area contributed by atoms with Crippen LogP contribution in [-0.4, -0.2) is 60.6 Å². The lowest BCUT2D eigenvalue weighted by molar-refractivity contribution is 0.178. The molecule has 2 unspecified atom stereocenters. The highest BCUT2D eigenvalue weighted by Crippen LogP contribution is 2.22. The lowest BCUT2D eigenvalue weighted by atomic mass is 10.2. The van der Waals surface area contributed by atoms with E-state index in [1.165, 1.54) is 52.0 Å². The second kappa shape index (κ2) is 6.17. The molecule has 3 heteroatoms. The molecule has 2 rings (SSSR count). The van der Waals surface area contributed by atoms with Crippen LogP contribution in [-0.2, 0) is 0 Å². The zero-order valence-electron chi connectivity index (χ0n) is 11.8. The molecule has 2 aliphatic rings. The van der Waals surface area contributed by atoms with Crippen molar-refractivity contribution >= 4 is 0 Å². The quantitative estimate of drug-likeness (QED) is 0.727. The van der Waals surface area contributed by atoms with E-state index >= 15 is 0 Å². The molecule has 0 spiro atoms. The van der Waals surface area contributed by atoms with Gasteiger partial charge in [-0.05, 0) is 39.3 Å². The molecule has 2 fully saturated rings. The summed E-state index contributed by atoms with van der Waals surface area (Å²) in [5.74, 6) is 0. The maximum atomic E-state index is 3.76.